The van der Waals surface area contributed by atoms with Gasteiger partial charge in [-0.15, -0.1) is 0 Å². The zero-order valence-electron chi connectivity index (χ0n) is 13.4. The van der Waals surface area contributed by atoms with Crippen molar-refractivity contribution in [2.24, 2.45) is 5.92 Å². The second-order valence-corrected chi connectivity index (χ2v) is 6.08. The zero-order chi connectivity index (χ0) is 17.6. The molecule has 4 nitrogen and oxygen atoms in total. The molecule has 1 aliphatic heterocycles. The van der Waals surface area contributed by atoms with Gasteiger partial charge in [-0.25, -0.2) is 0 Å². The lowest BCUT2D eigenvalue weighted by Gasteiger charge is -2.21. The summed E-state index contributed by atoms with van der Waals surface area (Å²) < 4.78 is 44.0. The molecule has 0 aliphatic carbocycles. The molecular weight excluding hydrogens is 323 g/mol. The predicted molar refractivity (Wildman–Crippen MR) is 83.0 cm³/mol. The first kappa shape index (κ1) is 18.6. The number of ether oxygens (including phenoxy) is 1. The predicted octanol–water partition coefficient (Wildman–Crippen LogP) is 3.66. The van der Waals surface area contributed by atoms with E-state index in [-0.39, 0.29) is 24.7 Å². The number of carbonyl (C=O) groups is 1. The van der Waals surface area contributed by atoms with Gasteiger partial charge in [0, 0.05) is 13.0 Å². The highest BCUT2D eigenvalue weighted by Gasteiger charge is 2.34. The van der Waals surface area contributed by atoms with Gasteiger partial charge in [0.25, 0.3) is 0 Å². The lowest BCUT2D eigenvalue weighted by Crippen LogP contribution is -2.29. The highest BCUT2D eigenvalue weighted by atomic mass is 19.4. The number of hydrogen-bond donors (Lipinski definition) is 1. The van der Waals surface area contributed by atoms with Crippen LogP contribution in [0.2, 0.25) is 0 Å². The number of carboxylic acid groups (broad SMARTS) is 1. The third-order valence-electron chi connectivity index (χ3n) is 4.26. The number of rotatable bonds is 6. The Morgan fingerprint density at radius 2 is 2.00 bits per heavy atom. The van der Waals surface area contributed by atoms with E-state index in [2.05, 4.69) is 4.90 Å². The molecule has 1 saturated heterocycles. The number of alkyl halides is 3. The van der Waals surface area contributed by atoms with Crippen molar-refractivity contribution in [3.05, 3.63) is 29.8 Å². The number of benzene rings is 1. The summed E-state index contributed by atoms with van der Waals surface area (Å²) in [7, 11) is 0. The molecular formula is C17H22F3NO3. The Morgan fingerprint density at radius 3 is 2.71 bits per heavy atom. The van der Waals surface area contributed by atoms with Gasteiger partial charge in [0.05, 0.1) is 5.56 Å². The molecule has 1 aliphatic rings. The average Bonchev–Trinajstić information content (AvgIpc) is 2.72. The van der Waals surface area contributed by atoms with E-state index >= 15 is 0 Å². The molecule has 0 amide bonds. The molecule has 0 bridgehead atoms. The first-order chi connectivity index (χ1) is 11.4. The number of hydrogen-bond acceptors (Lipinski definition) is 3. The van der Waals surface area contributed by atoms with E-state index in [9.17, 15) is 18.0 Å². The minimum absolute atomic E-state index is 0.149. The fraction of sp³-hybridized carbons (Fsp3) is 0.588. The maximum absolute atomic E-state index is 12.9. The van der Waals surface area contributed by atoms with E-state index in [0.29, 0.717) is 6.54 Å². The van der Waals surface area contributed by atoms with E-state index in [1.54, 1.807) is 0 Å². The molecule has 0 radical (unpaired) electrons. The maximum atomic E-state index is 12.9. The van der Waals surface area contributed by atoms with Crippen LogP contribution in [0.25, 0.3) is 0 Å². The number of para-hydroxylation sites is 1. The van der Waals surface area contributed by atoms with Crippen LogP contribution in [0.3, 0.4) is 0 Å². The molecule has 1 N–H and O–H groups in total. The van der Waals surface area contributed by atoms with E-state index in [1.807, 2.05) is 0 Å². The van der Waals surface area contributed by atoms with Crippen LogP contribution < -0.4 is 4.74 Å². The van der Waals surface area contributed by atoms with Gasteiger partial charge in [0.2, 0.25) is 0 Å². The second kappa shape index (κ2) is 8.37. The number of aliphatic carboxylic acids is 1. The molecule has 1 aromatic rings. The van der Waals surface area contributed by atoms with Crippen LogP contribution in [0, 0.1) is 5.92 Å². The summed E-state index contributed by atoms with van der Waals surface area (Å²) in [6, 6.07) is 5.20. The van der Waals surface area contributed by atoms with Crippen molar-refractivity contribution in [1.82, 2.24) is 4.90 Å². The monoisotopic (exact) mass is 345 g/mol. The fourth-order valence-corrected chi connectivity index (χ4v) is 3.01. The van der Waals surface area contributed by atoms with Crippen molar-refractivity contribution in [2.45, 2.75) is 31.9 Å². The lowest BCUT2D eigenvalue weighted by molar-refractivity contribution is -0.139. The van der Waals surface area contributed by atoms with Crippen LogP contribution >= 0.6 is 0 Å². The summed E-state index contributed by atoms with van der Waals surface area (Å²) >= 11 is 0. The van der Waals surface area contributed by atoms with Crippen LogP contribution in [-0.4, -0.2) is 42.2 Å². The molecule has 0 spiro atoms. The first-order valence-corrected chi connectivity index (χ1v) is 8.09. The van der Waals surface area contributed by atoms with E-state index in [4.69, 9.17) is 9.84 Å². The third kappa shape index (κ3) is 5.70. The molecule has 134 valence electrons. The highest BCUT2D eigenvalue weighted by molar-refractivity contribution is 5.67. The number of likely N-dealkylation sites (tertiary alicyclic amines) is 1. The summed E-state index contributed by atoms with van der Waals surface area (Å²) in [5.74, 6) is -0.747. The van der Waals surface area contributed by atoms with Crippen LogP contribution in [0.1, 0.15) is 31.2 Å². The molecule has 24 heavy (non-hydrogen) atoms. The van der Waals surface area contributed by atoms with Gasteiger partial charge >= 0.3 is 12.1 Å². The molecule has 1 atom stereocenters. The summed E-state index contributed by atoms with van der Waals surface area (Å²) in [4.78, 5) is 12.9. The minimum Gasteiger partial charge on any atom is -0.492 e. The molecule has 0 aromatic heterocycles. The number of nitrogens with zero attached hydrogens (tertiary/aromatic N) is 1. The van der Waals surface area contributed by atoms with Gasteiger partial charge in [0.1, 0.15) is 12.4 Å². The summed E-state index contributed by atoms with van der Waals surface area (Å²) in [5, 5.41) is 8.86. The summed E-state index contributed by atoms with van der Waals surface area (Å²) in [5.41, 5.74) is -0.762. The topological polar surface area (TPSA) is 49.8 Å². The van der Waals surface area contributed by atoms with Crippen molar-refractivity contribution in [3.63, 3.8) is 0 Å². The van der Waals surface area contributed by atoms with Crippen LogP contribution in [-0.2, 0) is 11.0 Å². The molecule has 1 fully saturated rings. The van der Waals surface area contributed by atoms with Gasteiger partial charge in [-0.1, -0.05) is 12.1 Å². The zero-order valence-corrected chi connectivity index (χ0v) is 13.4. The summed E-state index contributed by atoms with van der Waals surface area (Å²) in [6.07, 6.45) is -1.67. The third-order valence-corrected chi connectivity index (χ3v) is 4.26. The SMILES string of the molecule is O=C(O)C[C@@H]1CCCN(CCOc2ccccc2C(F)(F)F)CC1. The first-order valence-electron chi connectivity index (χ1n) is 8.09. The van der Waals surface area contributed by atoms with Gasteiger partial charge < -0.3 is 9.84 Å². The molecule has 0 saturated carbocycles. The Labute approximate surface area is 139 Å². The Bertz CT molecular complexity index is 548. The standard InChI is InChI=1S/C17H22F3NO3/c18-17(19,20)14-5-1-2-6-15(14)24-11-10-21-8-3-4-13(7-9-21)12-16(22)23/h1-2,5-6,13H,3-4,7-12H2,(H,22,23)/t13-/m1/s1. The normalized spacial score (nSPS) is 19.7. The van der Waals surface area contributed by atoms with E-state index in [1.165, 1.54) is 18.2 Å². The maximum Gasteiger partial charge on any atom is 0.419 e. The second-order valence-electron chi connectivity index (χ2n) is 6.08. The molecule has 7 heteroatoms. The molecule has 1 heterocycles. The average molecular weight is 345 g/mol. The van der Waals surface area contributed by atoms with Crippen LogP contribution in [0.4, 0.5) is 13.2 Å². The number of halogens is 3. The largest absolute Gasteiger partial charge is 0.492 e. The van der Waals surface area contributed by atoms with E-state index in [0.717, 1.165) is 38.4 Å². The molecule has 0 unspecified atom stereocenters. The Morgan fingerprint density at radius 1 is 1.25 bits per heavy atom. The number of carboxylic acids is 1. The van der Waals surface area contributed by atoms with Crippen LogP contribution in [0.15, 0.2) is 24.3 Å². The van der Waals surface area contributed by atoms with Crippen molar-refractivity contribution < 1.29 is 27.8 Å². The molecule has 1 aromatic carbocycles. The van der Waals surface area contributed by atoms with Crippen molar-refractivity contribution in [3.8, 4) is 5.75 Å². The van der Waals surface area contributed by atoms with Gasteiger partial charge in [-0.2, -0.15) is 13.2 Å². The van der Waals surface area contributed by atoms with Crippen molar-refractivity contribution in [2.75, 3.05) is 26.2 Å². The van der Waals surface area contributed by atoms with E-state index < -0.39 is 17.7 Å². The minimum atomic E-state index is -4.43. The van der Waals surface area contributed by atoms with Gasteiger partial charge in [-0.05, 0) is 50.4 Å². The Hall–Kier alpha value is -1.76. The Kier molecular flexibility index (Phi) is 6.48. The molecule has 2 rings (SSSR count). The van der Waals surface area contributed by atoms with Crippen LogP contribution in [0.5, 0.6) is 5.75 Å². The van der Waals surface area contributed by atoms with Gasteiger partial charge in [-0.3, -0.25) is 9.69 Å². The van der Waals surface area contributed by atoms with Crippen molar-refractivity contribution in [1.29, 1.82) is 0 Å². The smallest absolute Gasteiger partial charge is 0.419 e. The Balaban J connectivity index is 1.82. The quantitative estimate of drug-likeness (QED) is 0.855. The van der Waals surface area contributed by atoms with Gasteiger partial charge in [0.15, 0.2) is 0 Å². The fourth-order valence-electron chi connectivity index (χ4n) is 3.01. The highest BCUT2D eigenvalue weighted by Crippen LogP contribution is 2.35. The lowest BCUT2D eigenvalue weighted by atomic mass is 9.97. The summed E-state index contributed by atoms with van der Waals surface area (Å²) in [6.45, 7) is 2.28. The van der Waals surface area contributed by atoms with Crippen molar-refractivity contribution >= 4 is 5.97 Å².